The SMILES string of the molecule is CC(C)c1ccccc1SCc1cn(CCC(C)(C(=O)NO)S(C)(=O)=O)nn1. The molecule has 0 aliphatic rings. The Bertz CT molecular complexity index is 927. The van der Waals surface area contributed by atoms with Gasteiger partial charge in [-0.1, -0.05) is 37.3 Å². The number of rotatable bonds is 9. The third-order valence-corrected chi connectivity index (χ3v) is 7.87. The first kappa shape index (κ1) is 22.4. The minimum absolute atomic E-state index is 0.0373. The molecule has 154 valence electrons. The van der Waals surface area contributed by atoms with Gasteiger partial charge in [-0.05, 0) is 30.9 Å². The predicted molar refractivity (Wildman–Crippen MR) is 108 cm³/mol. The van der Waals surface area contributed by atoms with Crippen LogP contribution in [0.4, 0.5) is 0 Å². The van der Waals surface area contributed by atoms with E-state index in [-0.39, 0.29) is 13.0 Å². The lowest BCUT2D eigenvalue weighted by Crippen LogP contribution is -2.49. The largest absolute Gasteiger partial charge is 0.289 e. The van der Waals surface area contributed by atoms with E-state index in [1.807, 2.05) is 12.1 Å². The van der Waals surface area contributed by atoms with Gasteiger partial charge in [0.15, 0.2) is 14.6 Å². The van der Waals surface area contributed by atoms with Crippen LogP contribution in [-0.4, -0.2) is 45.5 Å². The van der Waals surface area contributed by atoms with Crippen LogP contribution in [0.3, 0.4) is 0 Å². The molecule has 0 saturated heterocycles. The van der Waals surface area contributed by atoms with E-state index in [1.165, 1.54) is 27.5 Å². The number of benzene rings is 1. The van der Waals surface area contributed by atoms with Crippen LogP contribution in [0.15, 0.2) is 35.4 Å². The fraction of sp³-hybridized carbons (Fsp3) is 0.500. The molecular formula is C18H26N4O4S2. The highest BCUT2D eigenvalue weighted by Gasteiger charge is 2.43. The summed E-state index contributed by atoms with van der Waals surface area (Å²) in [5.41, 5.74) is 3.48. The van der Waals surface area contributed by atoms with Crippen molar-refractivity contribution in [3.8, 4) is 0 Å². The van der Waals surface area contributed by atoms with Gasteiger partial charge in [0.05, 0.1) is 5.69 Å². The second-order valence-electron chi connectivity index (χ2n) is 7.15. The van der Waals surface area contributed by atoms with E-state index in [0.717, 1.165) is 11.9 Å². The fourth-order valence-electron chi connectivity index (χ4n) is 2.67. The number of thioether (sulfide) groups is 1. The second-order valence-corrected chi connectivity index (χ2v) is 10.6. The van der Waals surface area contributed by atoms with Crippen LogP contribution in [0.1, 0.15) is 44.4 Å². The summed E-state index contributed by atoms with van der Waals surface area (Å²) in [4.78, 5) is 13.1. The van der Waals surface area contributed by atoms with Gasteiger partial charge in [0.2, 0.25) is 0 Å². The Morgan fingerprint density at radius 3 is 2.64 bits per heavy atom. The van der Waals surface area contributed by atoms with E-state index < -0.39 is 20.5 Å². The first-order chi connectivity index (χ1) is 13.1. The summed E-state index contributed by atoms with van der Waals surface area (Å²) in [5.74, 6) is 0.0893. The highest BCUT2D eigenvalue weighted by atomic mass is 32.2. The highest BCUT2D eigenvalue weighted by Crippen LogP contribution is 2.30. The summed E-state index contributed by atoms with van der Waals surface area (Å²) in [7, 11) is -3.74. The third kappa shape index (κ3) is 5.12. The maximum atomic E-state index is 12.0. The molecule has 1 amide bonds. The zero-order valence-electron chi connectivity index (χ0n) is 16.4. The number of carbonyl (C=O) groups excluding carboxylic acids is 1. The minimum Gasteiger partial charge on any atom is -0.289 e. The summed E-state index contributed by atoms with van der Waals surface area (Å²) in [5, 5.41) is 17.0. The molecule has 2 N–H and O–H groups in total. The van der Waals surface area contributed by atoms with E-state index in [0.29, 0.717) is 11.7 Å². The van der Waals surface area contributed by atoms with E-state index in [4.69, 9.17) is 5.21 Å². The molecule has 0 aliphatic carbocycles. The maximum Gasteiger partial charge on any atom is 0.264 e. The fourth-order valence-corrected chi connectivity index (χ4v) is 4.59. The van der Waals surface area contributed by atoms with Crippen LogP contribution < -0.4 is 5.48 Å². The number of aryl methyl sites for hydroxylation is 1. The van der Waals surface area contributed by atoms with Gasteiger partial charge in [0, 0.05) is 29.6 Å². The first-order valence-corrected chi connectivity index (χ1v) is 11.7. The molecular weight excluding hydrogens is 400 g/mol. The second kappa shape index (κ2) is 9.06. The number of carbonyl (C=O) groups is 1. The Morgan fingerprint density at radius 1 is 1.36 bits per heavy atom. The predicted octanol–water partition coefficient (Wildman–Crippen LogP) is 2.39. The lowest BCUT2D eigenvalue weighted by molar-refractivity contribution is -0.131. The number of nitrogens with zero attached hydrogens (tertiary/aromatic N) is 3. The van der Waals surface area contributed by atoms with Gasteiger partial charge >= 0.3 is 0 Å². The number of amides is 1. The lowest BCUT2D eigenvalue weighted by atomic mass is 10.0. The molecule has 2 rings (SSSR count). The molecule has 0 radical (unpaired) electrons. The van der Waals surface area contributed by atoms with E-state index >= 15 is 0 Å². The van der Waals surface area contributed by atoms with Crippen molar-refractivity contribution in [2.24, 2.45) is 0 Å². The average Bonchev–Trinajstić information content (AvgIpc) is 3.10. The van der Waals surface area contributed by atoms with E-state index in [2.05, 4.69) is 36.3 Å². The van der Waals surface area contributed by atoms with Crippen LogP contribution in [0, 0.1) is 0 Å². The van der Waals surface area contributed by atoms with Gasteiger partial charge in [0.25, 0.3) is 5.91 Å². The molecule has 1 heterocycles. The lowest BCUT2D eigenvalue weighted by Gasteiger charge is -2.24. The maximum absolute atomic E-state index is 12.0. The molecule has 8 nitrogen and oxygen atoms in total. The average molecular weight is 427 g/mol. The molecule has 1 atom stereocenters. The molecule has 0 bridgehead atoms. The molecule has 0 aliphatic heterocycles. The number of hydroxylamine groups is 1. The third-order valence-electron chi connectivity index (χ3n) is 4.72. The molecule has 1 aromatic heterocycles. The zero-order chi connectivity index (χ0) is 20.9. The normalized spacial score (nSPS) is 14.1. The van der Waals surface area contributed by atoms with Crippen LogP contribution in [0.25, 0.3) is 0 Å². The molecule has 0 spiro atoms. The summed E-state index contributed by atoms with van der Waals surface area (Å²) in [6.07, 6.45) is 2.67. The van der Waals surface area contributed by atoms with Crippen molar-refractivity contribution in [2.45, 2.75) is 55.1 Å². The van der Waals surface area contributed by atoms with Crippen LogP contribution in [0.2, 0.25) is 0 Å². The first-order valence-electron chi connectivity index (χ1n) is 8.83. The molecule has 1 unspecified atom stereocenters. The highest BCUT2D eigenvalue weighted by molar-refractivity contribution is 7.98. The monoisotopic (exact) mass is 426 g/mol. The Balaban J connectivity index is 2.04. The van der Waals surface area contributed by atoms with Crippen molar-refractivity contribution in [3.05, 3.63) is 41.7 Å². The van der Waals surface area contributed by atoms with Gasteiger partial charge in [-0.2, -0.15) is 0 Å². The van der Waals surface area contributed by atoms with Crippen molar-refractivity contribution in [1.82, 2.24) is 20.5 Å². The Labute approximate surface area is 169 Å². The summed E-state index contributed by atoms with van der Waals surface area (Å²) >= 11 is 1.67. The number of hydrogen-bond acceptors (Lipinski definition) is 7. The van der Waals surface area contributed by atoms with Crippen molar-refractivity contribution in [1.29, 1.82) is 0 Å². The quantitative estimate of drug-likeness (QED) is 0.359. The topological polar surface area (TPSA) is 114 Å². The number of nitrogens with one attached hydrogen (secondary N) is 1. The van der Waals surface area contributed by atoms with Crippen LogP contribution >= 0.6 is 11.8 Å². The molecule has 0 saturated carbocycles. The summed E-state index contributed by atoms with van der Waals surface area (Å²) in [6, 6.07) is 8.22. The van der Waals surface area contributed by atoms with Gasteiger partial charge in [-0.3, -0.25) is 14.7 Å². The molecule has 1 aromatic carbocycles. The van der Waals surface area contributed by atoms with Gasteiger partial charge in [-0.15, -0.1) is 16.9 Å². The van der Waals surface area contributed by atoms with Gasteiger partial charge in [-0.25, -0.2) is 13.9 Å². The Morgan fingerprint density at radius 2 is 2.04 bits per heavy atom. The standard InChI is InChI=1S/C18H26N4O4S2/c1-13(2)15-7-5-6-8-16(15)27-12-14-11-22(21-19-14)10-9-18(3,17(23)20-24)28(4,25)26/h5-8,11,13,24H,9-10,12H2,1-4H3,(H,20,23). The smallest absolute Gasteiger partial charge is 0.264 e. The number of aromatic nitrogens is 3. The number of hydrogen-bond donors (Lipinski definition) is 2. The van der Waals surface area contributed by atoms with Gasteiger partial charge in [0.1, 0.15) is 0 Å². The molecule has 28 heavy (non-hydrogen) atoms. The van der Waals surface area contributed by atoms with Crippen LogP contribution in [0.5, 0.6) is 0 Å². The zero-order valence-corrected chi connectivity index (χ0v) is 18.0. The molecule has 2 aromatic rings. The van der Waals surface area contributed by atoms with E-state index in [9.17, 15) is 13.2 Å². The van der Waals surface area contributed by atoms with Gasteiger partial charge < -0.3 is 0 Å². The van der Waals surface area contributed by atoms with Crippen LogP contribution in [-0.2, 0) is 26.9 Å². The van der Waals surface area contributed by atoms with Crippen molar-refractivity contribution in [2.75, 3.05) is 6.26 Å². The van der Waals surface area contributed by atoms with Crippen molar-refractivity contribution in [3.63, 3.8) is 0 Å². The Hall–Kier alpha value is -1.91. The van der Waals surface area contributed by atoms with E-state index in [1.54, 1.807) is 18.0 Å². The summed E-state index contributed by atoms with van der Waals surface area (Å²) < 4.78 is 23.8. The van der Waals surface area contributed by atoms with Crippen molar-refractivity contribution < 1.29 is 18.4 Å². The summed E-state index contributed by atoms with van der Waals surface area (Å²) in [6.45, 7) is 5.76. The molecule has 10 heteroatoms. The Kier molecular flexibility index (Phi) is 7.24. The minimum atomic E-state index is -3.74. The molecule has 0 fully saturated rings. The van der Waals surface area contributed by atoms with Crippen molar-refractivity contribution >= 4 is 27.5 Å². The number of sulfone groups is 1.